The Hall–Kier alpha value is -6.98. The fourth-order valence-corrected chi connectivity index (χ4v) is 10.8. The number of carbonyl (C=O) groups is 7. The van der Waals surface area contributed by atoms with E-state index in [1.165, 1.54) is 16.5 Å². The predicted octanol–water partition coefficient (Wildman–Crippen LogP) is 6.04. The van der Waals surface area contributed by atoms with E-state index in [0.717, 1.165) is 36.0 Å². The SMILES string of the molecule is CN[C@@H](C)C(=O)N[C@H](C(=O)N1C[C@@H](NC(=O)c2ccc(CN(C(=O)[C@@H]3Cc4ccccc4CN3C(=O)[C@@H](NC(=O)[C@H](C)NC)C(C)(C)C)C(C)c3ccccc3F)cc2)C[C@H]1C(=O)N[C@@H]1CCCc2ccccc21)C(C)(C)C. The van der Waals surface area contributed by atoms with Crippen molar-refractivity contribution in [1.29, 1.82) is 0 Å². The summed E-state index contributed by atoms with van der Waals surface area (Å²) < 4.78 is 15.7. The number of fused-ring (bicyclic) bond motifs is 2. The van der Waals surface area contributed by atoms with Crippen LogP contribution in [0.15, 0.2) is 97.1 Å². The zero-order valence-electron chi connectivity index (χ0n) is 47.2. The number of carbonyl (C=O) groups excluding carboxylic acids is 7. The molecule has 2 aliphatic heterocycles. The average molecular weight is 1070 g/mol. The number of rotatable bonds is 17. The normalized spacial score (nSPS) is 20.2. The zero-order chi connectivity index (χ0) is 56.8. The van der Waals surface area contributed by atoms with Gasteiger partial charge in [0.05, 0.1) is 24.2 Å². The third-order valence-electron chi connectivity index (χ3n) is 15.9. The Labute approximate surface area is 459 Å². The fourth-order valence-electron chi connectivity index (χ4n) is 10.8. The summed E-state index contributed by atoms with van der Waals surface area (Å²) in [7, 11) is 3.32. The van der Waals surface area contributed by atoms with Crippen LogP contribution in [0.4, 0.5) is 4.39 Å². The molecule has 2 heterocycles. The van der Waals surface area contributed by atoms with E-state index < -0.39 is 88.6 Å². The summed E-state index contributed by atoms with van der Waals surface area (Å²) in [4.78, 5) is 105. The van der Waals surface area contributed by atoms with Crippen molar-refractivity contribution in [2.45, 2.75) is 162 Å². The van der Waals surface area contributed by atoms with Gasteiger partial charge in [-0.05, 0) is 117 Å². The number of likely N-dealkylation sites (tertiary alicyclic amines) is 1. The molecule has 7 rings (SSSR count). The summed E-state index contributed by atoms with van der Waals surface area (Å²) in [6, 6.07) is 21.8. The van der Waals surface area contributed by atoms with Crippen LogP contribution in [0, 0.1) is 16.6 Å². The van der Waals surface area contributed by atoms with Gasteiger partial charge in [-0.2, -0.15) is 0 Å². The first-order valence-corrected chi connectivity index (χ1v) is 27.4. The predicted molar refractivity (Wildman–Crippen MR) is 298 cm³/mol. The van der Waals surface area contributed by atoms with Crippen molar-refractivity contribution in [2.24, 2.45) is 10.8 Å². The van der Waals surface area contributed by atoms with E-state index in [1.54, 1.807) is 87.1 Å². The van der Waals surface area contributed by atoms with Crippen LogP contribution in [0.5, 0.6) is 0 Å². The summed E-state index contributed by atoms with van der Waals surface area (Å²) in [5, 5.41) is 18.0. The summed E-state index contributed by atoms with van der Waals surface area (Å²) in [5.74, 6) is -3.29. The van der Waals surface area contributed by atoms with Gasteiger partial charge in [-0.15, -0.1) is 0 Å². The maximum Gasteiger partial charge on any atom is 0.251 e. The Balaban J connectivity index is 1.15. The number of benzene rings is 4. The number of likely N-dealkylation sites (N-methyl/N-ethyl adjacent to an activating group) is 2. The largest absolute Gasteiger partial charge is 0.347 e. The van der Waals surface area contributed by atoms with Crippen molar-refractivity contribution in [3.05, 3.63) is 142 Å². The highest BCUT2D eigenvalue weighted by molar-refractivity contribution is 5.97. The molecule has 7 amide bonds. The summed E-state index contributed by atoms with van der Waals surface area (Å²) in [6.07, 6.45) is 2.84. The monoisotopic (exact) mass is 1070 g/mol. The molecule has 17 heteroatoms. The van der Waals surface area contributed by atoms with Gasteiger partial charge in [0.15, 0.2) is 0 Å². The van der Waals surface area contributed by atoms with Crippen LogP contribution in [0.3, 0.4) is 0 Å². The Morgan fingerprint density at radius 2 is 1.22 bits per heavy atom. The van der Waals surface area contributed by atoms with Crippen molar-refractivity contribution in [3.63, 3.8) is 0 Å². The van der Waals surface area contributed by atoms with E-state index in [0.29, 0.717) is 5.56 Å². The van der Waals surface area contributed by atoms with Crippen molar-refractivity contribution < 1.29 is 38.0 Å². The maximum absolute atomic E-state index is 15.7. The average Bonchev–Trinajstić information content (AvgIpc) is 3.98. The lowest BCUT2D eigenvalue weighted by Crippen LogP contribution is -2.62. The second-order valence-electron chi connectivity index (χ2n) is 23.5. The molecular weight excluding hydrogens is 990 g/mol. The van der Waals surface area contributed by atoms with E-state index in [2.05, 4.69) is 38.0 Å². The molecule has 0 saturated carbocycles. The molecule has 0 spiro atoms. The molecule has 4 aromatic carbocycles. The second kappa shape index (κ2) is 24.8. The van der Waals surface area contributed by atoms with Crippen LogP contribution in [0.2, 0.25) is 0 Å². The lowest BCUT2D eigenvalue weighted by molar-refractivity contribution is -0.152. The Kier molecular flexibility index (Phi) is 18.6. The van der Waals surface area contributed by atoms with Crippen molar-refractivity contribution in [2.75, 3.05) is 20.6 Å². The van der Waals surface area contributed by atoms with Gasteiger partial charge in [0.25, 0.3) is 5.91 Å². The molecule has 1 aliphatic carbocycles. The molecule has 78 heavy (non-hydrogen) atoms. The van der Waals surface area contributed by atoms with Gasteiger partial charge in [-0.3, -0.25) is 33.6 Å². The number of halogens is 1. The lowest BCUT2D eigenvalue weighted by Gasteiger charge is -2.43. The summed E-state index contributed by atoms with van der Waals surface area (Å²) in [6.45, 7) is 16.4. The van der Waals surface area contributed by atoms with Gasteiger partial charge in [0.2, 0.25) is 35.4 Å². The topological polar surface area (TPSA) is 201 Å². The highest BCUT2D eigenvalue weighted by atomic mass is 19.1. The smallest absolute Gasteiger partial charge is 0.251 e. The summed E-state index contributed by atoms with van der Waals surface area (Å²) >= 11 is 0. The molecule has 16 nitrogen and oxygen atoms in total. The van der Waals surface area contributed by atoms with E-state index in [-0.39, 0.29) is 67.4 Å². The quantitative estimate of drug-likeness (QED) is 0.0730. The van der Waals surface area contributed by atoms with E-state index in [9.17, 15) is 28.8 Å². The Bertz CT molecular complexity index is 2850. The molecule has 9 atom stereocenters. The highest BCUT2D eigenvalue weighted by Gasteiger charge is 2.47. The summed E-state index contributed by atoms with van der Waals surface area (Å²) in [5.41, 5.74) is 3.68. The standard InChI is InChI=1S/C61H80FN9O7/c1-36(63-10)53(72)67-51(60(4,5)6)58(77)70-34-43-21-13-12-20-42(43)31-50(70)57(76)69(38(3)45-23-16-17-25-47(45)62)33-39-27-29-41(30-28-39)55(74)65-44-32-49(56(75)66-48-26-18-22-40-19-14-15-24-46(40)48)71(35-44)59(78)52(61(7,8)9)68-54(73)37(2)64-11/h12-17,19-21,23-25,27-30,36-38,44,48-52,63-64H,18,22,26,31-35H2,1-11H3,(H,65,74)(H,66,75)(H,67,72)(H,68,73)/t36-,37-,38?,44-,48+,49-,50-,51+,52+/m0/s1. The number of amides is 7. The van der Waals surface area contributed by atoms with Gasteiger partial charge >= 0.3 is 0 Å². The molecule has 0 aromatic heterocycles. The van der Waals surface area contributed by atoms with Gasteiger partial charge in [-0.1, -0.05) is 120 Å². The first kappa shape index (κ1) is 58.7. The van der Waals surface area contributed by atoms with E-state index in [4.69, 9.17) is 0 Å². The van der Waals surface area contributed by atoms with Gasteiger partial charge < -0.3 is 46.6 Å². The van der Waals surface area contributed by atoms with Gasteiger partial charge in [0, 0.05) is 43.2 Å². The van der Waals surface area contributed by atoms with Crippen LogP contribution >= 0.6 is 0 Å². The molecular formula is C61H80FN9O7. The number of hydrogen-bond donors (Lipinski definition) is 6. The maximum atomic E-state index is 15.7. The van der Waals surface area contributed by atoms with E-state index in [1.807, 2.05) is 84.0 Å². The van der Waals surface area contributed by atoms with Crippen molar-refractivity contribution >= 4 is 41.4 Å². The zero-order valence-corrected chi connectivity index (χ0v) is 47.2. The molecule has 418 valence electrons. The number of nitrogens with zero attached hydrogens (tertiary/aromatic N) is 3. The molecule has 1 unspecified atom stereocenters. The minimum atomic E-state index is -1.02. The molecule has 1 fully saturated rings. The number of hydrogen-bond acceptors (Lipinski definition) is 9. The van der Waals surface area contributed by atoms with Crippen LogP contribution in [0.1, 0.15) is 137 Å². The van der Waals surface area contributed by atoms with Crippen molar-refractivity contribution in [3.8, 4) is 0 Å². The first-order chi connectivity index (χ1) is 36.9. The third-order valence-corrected chi connectivity index (χ3v) is 15.9. The molecule has 0 radical (unpaired) electrons. The minimum absolute atomic E-state index is 0.0140. The molecule has 6 N–H and O–H groups in total. The van der Waals surface area contributed by atoms with E-state index >= 15 is 9.18 Å². The van der Waals surface area contributed by atoms with Crippen molar-refractivity contribution in [1.82, 2.24) is 46.6 Å². The Morgan fingerprint density at radius 3 is 1.81 bits per heavy atom. The number of aryl methyl sites for hydroxylation is 1. The first-order valence-electron chi connectivity index (χ1n) is 27.4. The van der Waals surface area contributed by atoms with Crippen LogP contribution in [-0.4, -0.2) is 119 Å². The van der Waals surface area contributed by atoms with Crippen LogP contribution < -0.4 is 31.9 Å². The van der Waals surface area contributed by atoms with Crippen LogP contribution in [-0.2, 0) is 54.7 Å². The van der Waals surface area contributed by atoms with Crippen LogP contribution in [0.25, 0.3) is 0 Å². The highest BCUT2D eigenvalue weighted by Crippen LogP contribution is 2.35. The number of nitrogens with one attached hydrogen (secondary N) is 6. The third kappa shape index (κ3) is 13.5. The molecule has 1 saturated heterocycles. The van der Waals surface area contributed by atoms with Gasteiger partial charge in [0.1, 0.15) is 30.0 Å². The molecule has 3 aliphatic rings. The van der Waals surface area contributed by atoms with Gasteiger partial charge in [-0.25, -0.2) is 4.39 Å². The molecule has 0 bridgehead atoms. The minimum Gasteiger partial charge on any atom is -0.347 e. The Morgan fingerprint density at radius 1 is 0.667 bits per heavy atom. The molecule has 4 aromatic rings. The lowest BCUT2D eigenvalue weighted by atomic mass is 9.84. The second-order valence-corrected chi connectivity index (χ2v) is 23.5. The fraction of sp³-hybridized carbons (Fsp3) is 0.492.